The third kappa shape index (κ3) is 12.2. The van der Waals surface area contributed by atoms with Gasteiger partial charge in [0.2, 0.25) is 23.6 Å². The second-order valence-electron chi connectivity index (χ2n) is 14.9. The Bertz CT molecular complexity index is 2230. The molecule has 16 nitrogen and oxygen atoms in total. The number of hydrogen-bond donors (Lipinski definition) is 7. The molecule has 326 valence electrons. The van der Waals surface area contributed by atoms with Crippen molar-refractivity contribution in [2.45, 2.75) is 56.8 Å². The fraction of sp³-hybridized carbons (Fsp3) is 0.348. The number of nitriles is 1. The minimum Gasteiger partial charge on any atom is -0.492 e. The summed E-state index contributed by atoms with van der Waals surface area (Å²) in [5.41, 5.74) is 22.1. The van der Waals surface area contributed by atoms with Gasteiger partial charge >= 0.3 is 0 Å². The second kappa shape index (κ2) is 22.7. The predicted octanol–water partition coefficient (Wildman–Crippen LogP) is 1.65. The van der Waals surface area contributed by atoms with Crippen molar-refractivity contribution in [2.24, 2.45) is 17.2 Å². The van der Waals surface area contributed by atoms with E-state index in [1.54, 1.807) is 48.5 Å². The molecule has 4 bridgehead atoms. The van der Waals surface area contributed by atoms with Crippen LogP contribution >= 0.6 is 0 Å². The lowest BCUT2D eigenvalue weighted by Gasteiger charge is -2.32. The molecular weight excluding hydrogens is 791 g/mol. The van der Waals surface area contributed by atoms with Crippen molar-refractivity contribution in [2.75, 3.05) is 46.4 Å². The molecule has 0 spiro atoms. The Kier molecular flexibility index (Phi) is 16.9. The van der Waals surface area contributed by atoms with E-state index in [-0.39, 0.29) is 52.2 Å². The molecule has 0 saturated heterocycles. The van der Waals surface area contributed by atoms with Gasteiger partial charge in [-0.2, -0.15) is 5.26 Å². The first kappa shape index (κ1) is 46.3. The Morgan fingerprint density at radius 1 is 0.823 bits per heavy atom. The van der Waals surface area contributed by atoms with E-state index in [1.807, 2.05) is 36.4 Å². The zero-order valence-corrected chi connectivity index (χ0v) is 35.0. The van der Waals surface area contributed by atoms with Gasteiger partial charge in [0.15, 0.2) is 0 Å². The lowest BCUT2D eigenvalue weighted by atomic mass is 9.93. The zero-order valence-electron chi connectivity index (χ0n) is 35.0. The maximum atomic E-state index is 14.5. The average molecular weight is 846 g/mol. The minimum atomic E-state index is -1.37. The number of carbonyl (C=O) groups is 5. The van der Waals surface area contributed by atoms with Crippen LogP contribution in [0.1, 0.15) is 52.0 Å². The number of ether oxygens (including phenoxy) is 2. The largest absolute Gasteiger partial charge is 0.492 e. The summed E-state index contributed by atoms with van der Waals surface area (Å²) in [7, 11) is 1.43. The summed E-state index contributed by atoms with van der Waals surface area (Å²) in [6.07, 6.45) is 1.69. The zero-order chi connectivity index (χ0) is 44.6. The predicted molar refractivity (Wildman–Crippen MR) is 234 cm³/mol. The van der Waals surface area contributed by atoms with E-state index < -0.39 is 53.7 Å². The van der Waals surface area contributed by atoms with Crippen LogP contribution in [-0.2, 0) is 38.4 Å². The van der Waals surface area contributed by atoms with Crippen LogP contribution in [-0.4, -0.2) is 99.0 Å². The number of hydrogen-bond acceptors (Lipinski definition) is 11. The van der Waals surface area contributed by atoms with Crippen molar-refractivity contribution in [3.63, 3.8) is 0 Å². The summed E-state index contributed by atoms with van der Waals surface area (Å²) in [5.74, 6) is -2.35. The van der Waals surface area contributed by atoms with Gasteiger partial charge < -0.3 is 52.8 Å². The van der Waals surface area contributed by atoms with Crippen LogP contribution in [0.3, 0.4) is 0 Å². The second-order valence-corrected chi connectivity index (χ2v) is 14.9. The van der Waals surface area contributed by atoms with Gasteiger partial charge in [0.25, 0.3) is 5.91 Å². The number of benzene rings is 4. The van der Waals surface area contributed by atoms with Crippen LogP contribution in [0.4, 0.5) is 0 Å². The lowest BCUT2D eigenvalue weighted by molar-refractivity contribution is -0.141. The van der Waals surface area contributed by atoms with E-state index in [2.05, 4.69) is 33.4 Å². The fourth-order valence-corrected chi connectivity index (χ4v) is 7.13. The number of carbonyl (C=O) groups excluding carboxylic acids is 5. The molecule has 4 aromatic carbocycles. The van der Waals surface area contributed by atoms with E-state index in [9.17, 15) is 24.0 Å². The molecule has 1 heterocycles. The molecule has 0 aromatic heterocycles. The van der Waals surface area contributed by atoms with Crippen molar-refractivity contribution >= 4 is 29.5 Å². The molecule has 0 unspecified atom stereocenters. The van der Waals surface area contributed by atoms with Gasteiger partial charge in [0.05, 0.1) is 6.07 Å². The lowest BCUT2D eigenvalue weighted by Crippen LogP contribution is -2.56. The Labute approximate surface area is 361 Å². The van der Waals surface area contributed by atoms with Crippen molar-refractivity contribution in [3.05, 3.63) is 119 Å². The average Bonchev–Trinajstić information content (AvgIpc) is 3.28. The topological polar surface area (TPSA) is 257 Å². The molecule has 16 heteroatoms. The SMILES string of the molecule is C[C@@H]1NC(=O)[C@@H](N(C)C(=O)[C@H](CCN)NC(=O)c2ccc(CCc3ccccc3)cc2)c2ccc(OCCN)c(c2)-c2cc(ccc2OCCN)C[C@@H](C(=O)NCC#N)NC1=O. The summed E-state index contributed by atoms with van der Waals surface area (Å²) < 4.78 is 12.2. The maximum Gasteiger partial charge on any atom is 0.251 e. The number of nitrogens with one attached hydrogen (secondary N) is 4. The molecule has 0 aliphatic carbocycles. The molecule has 0 saturated carbocycles. The smallest absolute Gasteiger partial charge is 0.251 e. The molecule has 1 aliphatic rings. The standard InChI is InChI=1S/C46H55N9O7/c1-29-42(56)54-38(44(58)51-23-20-48)27-32-12-16-39(61-24-21-49)35(26-32)36-28-34(15-17-40(36)62-25-22-50)41(45(59)52-29)55(2)46(60)37(18-19-47)53-43(57)33-13-10-31(11-14-33)9-8-30-6-4-3-5-7-30/h3-7,10-17,26,28-29,37-38,41H,8-9,18-19,21-25,27,47,49-50H2,1-2H3,(H,51,58)(H,52,59)(H,53,57)(H,54,56)/t29-,37-,38-,41-/m0/s1. The van der Waals surface area contributed by atoms with Gasteiger partial charge in [-0.15, -0.1) is 0 Å². The van der Waals surface area contributed by atoms with Gasteiger partial charge in [-0.1, -0.05) is 54.6 Å². The Hall–Kier alpha value is -6.80. The molecular formula is C46H55N9O7. The minimum absolute atomic E-state index is 0.0129. The Balaban J connectivity index is 1.53. The molecule has 0 fully saturated rings. The summed E-state index contributed by atoms with van der Waals surface area (Å²) >= 11 is 0. The number of likely N-dealkylation sites (N-methyl/N-ethyl adjacent to an activating group) is 1. The van der Waals surface area contributed by atoms with Crippen LogP contribution in [0.2, 0.25) is 0 Å². The van der Waals surface area contributed by atoms with Crippen molar-refractivity contribution in [1.82, 2.24) is 26.2 Å². The van der Waals surface area contributed by atoms with Gasteiger partial charge in [0, 0.05) is 43.2 Å². The highest BCUT2D eigenvalue weighted by atomic mass is 16.5. The molecule has 10 N–H and O–H groups in total. The molecule has 0 radical (unpaired) electrons. The van der Waals surface area contributed by atoms with Crippen molar-refractivity contribution < 1.29 is 33.4 Å². The highest BCUT2D eigenvalue weighted by Crippen LogP contribution is 2.40. The summed E-state index contributed by atoms with van der Waals surface area (Å²) in [6, 6.07) is 24.5. The maximum absolute atomic E-state index is 14.5. The van der Waals surface area contributed by atoms with E-state index in [1.165, 1.54) is 24.4 Å². The van der Waals surface area contributed by atoms with Gasteiger partial charge in [-0.25, -0.2) is 0 Å². The van der Waals surface area contributed by atoms with Gasteiger partial charge in [0.1, 0.15) is 55.4 Å². The van der Waals surface area contributed by atoms with E-state index in [0.717, 1.165) is 18.4 Å². The van der Waals surface area contributed by atoms with Crippen LogP contribution in [0.5, 0.6) is 11.5 Å². The number of rotatable bonds is 17. The number of aryl methyl sites for hydroxylation is 2. The first-order valence-corrected chi connectivity index (χ1v) is 20.6. The van der Waals surface area contributed by atoms with E-state index in [4.69, 9.17) is 31.9 Å². The Morgan fingerprint density at radius 2 is 1.45 bits per heavy atom. The monoisotopic (exact) mass is 845 g/mol. The summed E-state index contributed by atoms with van der Waals surface area (Å²) in [6.45, 7) is 1.91. The van der Waals surface area contributed by atoms with Crippen LogP contribution in [0.15, 0.2) is 91.0 Å². The normalized spacial score (nSPS) is 16.6. The molecule has 62 heavy (non-hydrogen) atoms. The third-order valence-corrected chi connectivity index (χ3v) is 10.4. The quantitative estimate of drug-likeness (QED) is 0.0752. The molecule has 5 amide bonds. The first-order valence-electron chi connectivity index (χ1n) is 20.6. The van der Waals surface area contributed by atoms with Crippen LogP contribution < -0.4 is 47.9 Å². The highest BCUT2D eigenvalue weighted by molar-refractivity contribution is 5.99. The molecule has 4 aromatic rings. The number of amides is 5. The van der Waals surface area contributed by atoms with Crippen LogP contribution in [0.25, 0.3) is 11.1 Å². The summed E-state index contributed by atoms with van der Waals surface area (Å²) in [5, 5.41) is 19.9. The van der Waals surface area contributed by atoms with Gasteiger partial charge in [-0.3, -0.25) is 24.0 Å². The first-order chi connectivity index (χ1) is 30.0. The van der Waals surface area contributed by atoms with E-state index in [0.29, 0.717) is 39.3 Å². The highest BCUT2D eigenvalue weighted by Gasteiger charge is 2.36. The van der Waals surface area contributed by atoms with Gasteiger partial charge in [-0.05, 0) is 91.4 Å². The molecule has 1 aliphatic heterocycles. The van der Waals surface area contributed by atoms with Crippen LogP contribution in [0, 0.1) is 11.3 Å². The number of nitrogens with two attached hydrogens (primary N) is 3. The molecule has 5 rings (SSSR count). The molecule has 4 atom stereocenters. The van der Waals surface area contributed by atoms with Crippen molar-refractivity contribution in [3.8, 4) is 28.7 Å². The number of fused-ring (bicyclic) bond motifs is 5. The van der Waals surface area contributed by atoms with Crippen molar-refractivity contribution in [1.29, 1.82) is 5.26 Å². The third-order valence-electron chi connectivity index (χ3n) is 10.4. The summed E-state index contributed by atoms with van der Waals surface area (Å²) in [4.78, 5) is 70.8. The number of nitrogens with zero attached hydrogens (tertiary/aromatic N) is 2. The Morgan fingerprint density at radius 3 is 2.08 bits per heavy atom. The van der Waals surface area contributed by atoms with E-state index >= 15 is 0 Å². The fourth-order valence-electron chi connectivity index (χ4n) is 7.13.